The van der Waals surface area contributed by atoms with Gasteiger partial charge >= 0.3 is 0 Å². The fraction of sp³-hybridized carbons (Fsp3) is 0.391. The number of rotatable bonds is 10. The summed E-state index contributed by atoms with van der Waals surface area (Å²) in [4.78, 5) is 27.7. The first-order valence-corrected chi connectivity index (χ1v) is 13.9. The van der Waals surface area contributed by atoms with Crippen LogP contribution in [0.25, 0.3) is 0 Å². The van der Waals surface area contributed by atoms with Crippen LogP contribution >= 0.6 is 39.1 Å². The summed E-state index contributed by atoms with van der Waals surface area (Å²) in [6.07, 6.45) is 0.981. The van der Waals surface area contributed by atoms with E-state index in [1.807, 2.05) is 38.1 Å². The van der Waals surface area contributed by atoms with Gasteiger partial charge in [0.05, 0.1) is 17.0 Å². The molecule has 1 atom stereocenters. The zero-order valence-electron chi connectivity index (χ0n) is 19.4. The lowest BCUT2D eigenvalue weighted by molar-refractivity contribution is -0.139. The van der Waals surface area contributed by atoms with Gasteiger partial charge in [0.2, 0.25) is 21.8 Å². The maximum Gasteiger partial charge on any atom is 0.244 e. The van der Waals surface area contributed by atoms with Gasteiger partial charge in [-0.3, -0.25) is 13.9 Å². The van der Waals surface area contributed by atoms with E-state index in [9.17, 15) is 18.0 Å². The Labute approximate surface area is 219 Å². The largest absolute Gasteiger partial charge is 0.354 e. The van der Waals surface area contributed by atoms with Crippen LogP contribution in [0.5, 0.6) is 0 Å². The van der Waals surface area contributed by atoms with Crippen LogP contribution in [0.1, 0.15) is 26.3 Å². The third-order valence-corrected chi connectivity index (χ3v) is 7.12. The third-order valence-electron chi connectivity index (χ3n) is 4.95. The van der Waals surface area contributed by atoms with Gasteiger partial charge < -0.3 is 10.2 Å². The standard InChI is InChI=1S/C23H28BrCl2N3O4S/c1-15(2)12-27-23(31)16(3)28(13-17-6-5-7-18(24)10-17)22(30)14-29(34(4,32)33)21-11-19(25)8-9-20(21)26/h5-11,15-16H,12-14H2,1-4H3,(H,27,31)/t16-/m1/s1. The fourth-order valence-corrected chi connectivity index (χ4v) is 4.87. The molecule has 0 aliphatic carbocycles. The number of amides is 2. The summed E-state index contributed by atoms with van der Waals surface area (Å²) in [5.41, 5.74) is 0.863. The van der Waals surface area contributed by atoms with Gasteiger partial charge in [-0.05, 0) is 48.7 Å². The first-order chi connectivity index (χ1) is 15.8. The summed E-state index contributed by atoms with van der Waals surface area (Å²) in [5.74, 6) is -0.659. The minimum Gasteiger partial charge on any atom is -0.354 e. The van der Waals surface area contributed by atoms with E-state index in [0.29, 0.717) is 6.54 Å². The smallest absolute Gasteiger partial charge is 0.244 e. The molecule has 0 saturated heterocycles. The Kier molecular flexibility index (Phi) is 10.2. The summed E-state index contributed by atoms with van der Waals surface area (Å²) in [5, 5.41) is 3.23. The monoisotopic (exact) mass is 591 g/mol. The van der Waals surface area contributed by atoms with E-state index < -0.39 is 28.5 Å². The molecule has 0 fully saturated rings. The molecule has 0 saturated carbocycles. The number of nitrogens with zero attached hydrogens (tertiary/aromatic N) is 2. The van der Waals surface area contributed by atoms with E-state index in [1.165, 1.54) is 23.1 Å². The molecule has 2 aromatic carbocycles. The minimum atomic E-state index is -3.90. The van der Waals surface area contributed by atoms with Crippen molar-refractivity contribution in [2.24, 2.45) is 5.92 Å². The van der Waals surface area contributed by atoms with Crippen LogP contribution in [-0.4, -0.2) is 50.5 Å². The van der Waals surface area contributed by atoms with Crippen LogP contribution in [0.15, 0.2) is 46.9 Å². The van der Waals surface area contributed by atoms with Gasteiger partial charge in [-0.15, -0.1) is 0 Å². The second kappa shape index (κ2) is 12.2. The number of carbonyl (C=O) groups excluding carboxylic acids is 2. The maximum atomic E-state index is 13.5. The van der Waals surface area contributed by atoms with Crippen LogP contribution in [0, 0.1) is 5.92 Å². The van der Waals surface area contributed by atoms with Crippen molar-refractivity contribution >= 4 is 66.7 Å². The molecule has 0 aliphatic rings. The van der Waals surface area contributed by atoms with Gasteiger partial charge in [0.15, 0.2) is 0 Å². The van der Waals surface area contributed by atoms with Gasteiger partial charge in [0, 0.05) is 22.6 Å². The summed E-state index contributed by atoms with van der Waals surface area (Å²) >= 11 is 15.7. The van der Waals surface area contributed by atoms with Gasteiger partial charge in [0.1, 0.15) is 12.6 Å². The number of halogens is 3. The van der Waals surface area contributed by atoms with E-state index in [2.05, 4.69) is 21.2 Å². The summed E-state index contributed by atoms with van der Waals surface area (Å²) in [7, 11) is -3.90. The lowest BCUT2D eigenvalue weighted by Gasteiger charge is -2.32. The molecule has 34 heavy (non-hydrogen) atoms. The highest BCUT2D eigenvalue weighted by molar-refractivity contribution is 9.10. The molecule has 0 radical (unpaired) electrons. The highest BCUT2D eigenvalue weighted by Gasteiger charge is 2.31. The van der Waals surface area contributed by atoms with E-state index >= 15 is 0 Å². The van der Waals surface area contributed by atoms with Crippen molar-refractivity contribution in [3.8, 4) is 0 Å². The molecule has 0 spiro atoms. The van der Waals surface area contributed by atoms with Gasteiger partial charge in [-0.1, -0.05) is 65.1 Å². The number of nitrogens with one attached hydrogen (secondary N) is 1. The molecule has 2 rings (SSSR count). The molecule has 2 amide bonds. The SMILES string of the molecule is CC(C)CNC(=O)[C@@H](C)N(Cc1cccc(Br)c1)C(=O)CN(c1cc(Cl)ccc1Cl)S(C)(=O)=O. The molecule has 2 aromatic rings. The quantitative estimate of drug-likeness (QED) is 0.433. The van der Waals surface area contributed by atoms with Crippen LogP contribution in [0.3, 0.4) is 0 Å². The average molecular weight is 593 g/mol. The van der Waals surface area contributed by atoms with Crippen molar-refractivity contribution < 1.29 is 18.0 Å². The van der Waals surface area contributed by atoms with E-state index in [1.54, 1.807) is 6.92 Å². The van der Waals surface area contributed by atoms with Gasteiger partial charge in [-0.2, -0.15) is 0 Å². The number of hydrogen-bond acceptors (Lipinski definition) is 4. The molecule has 186 valence electrons. The predicted molar refractivity (Wildman–Crippen MR) is 141 cm³/mol. The Hall–Kier alpha value is -1.81. The second-order valence-electron chi connectivity index (χ2n) is 8.33. The van der Waals surface area contributed by atoms with E-state index in [-0.39, 0.29) is 34.1 Å². The molecule has 0 aromatic heterocycles. The fourth-order valence-electron chi connectivity index (χ4n) is 3.14. The summed E-state index contributed by atoms with van der Waals surface area (Å²) < 4.78 is 26.9. The van der Waals surface area contributed by atoms with Crippen molar-refractivity contribution in [2.45, 2.75) is 33.4 Å². The normalized spacial score (nSPS) is 12.4. The molecule has 0 heterocycles. The Morgan fingerprint density at radius 1 is 1.09 bits per heavy atom. The van der Waals surface area contributed by atoms with Crippen LogP contribution in [-0.2, 0) is 26.2 Å². The molecule has 0 unspecified atom stereocenters. The Morgan fingerprint density at radius 3 is 2.35 bits per heavy atom. The first kappa shape index (κ1) is 28.4. The third kappa shape index (κ3) is 8.15. The molecule has 0 aliphatic heterocycles. The number of benzene rings is 2. The second-order valence-corrected chi connectivity index (χ2v) is 12.0. The molecule has 0 bridgehead atoms. The van der Waals surface area contributed by atoms with Gasteiger partial charge in [0.25, 0.3) is 0 Å². The van der Waals surface area contributed by atoms with Crippen molar-refractivity contribution in [1.29, 1.82) is 0 Å². The van der Waals surface area contributed by atoms with Crippen molar-refractivity contribution in [3.63, 3.8) is 0 Å². The average Bonchev–Trinajstić information content (AvgIpc) is 2.74. The number of hydrogen-bond donors (Lipinski definition) is 1. The summed E-state index contributed by atoms with van der Waals surface area (Å²) in [6, 6.07) is 10.9. The van der Waals surface area contributed by atoms with E-state index in [4.69, 9.17) is 23.2 Å². The lowest BCUT2D eigenvalue weighted by atomic mass is 10.1. The zero-order valence-corrected chi connectivity index (χ0v) is 23.3. The lowest BCUT2D eigenvalue weighted by Crippen LogP contribution is -2.51. The molecule has 11 heteroatoms. The van der Waals surface area contributed by atoms with E-state index in [0.717, 1.165) is 20.6 Å². The van der Waals surface area contributed by atoms with Crippen LogP contribution in [0.2, 0.25) is 10.0 Å². The molecule has 1 N–H and O–H groups in total. The van der Waals surface area contributed by atoms with Crippen molar-refractivity contribution in [2.75, 3.05) is 23.7 Å². The predicted octanol–water partition coefficient (Wildman–Crippen LogP) is 4.71. The molecular weight excluding hydrogens is 565 g/mol. The number of carbonyl (C=O) groups is 2. The molecular formula is C23H28BrCl2N3O4S. The first-order valence-electron chi connectivity index (χ1n) is 10.5. The maximum absolute atomic E-state index is 13.5. The highest BCUT2D eigenvalue weighted by atomic mass is 79.9. The summed E-state index contributed by atoms with van der Waals surface area (Å²) in [6.45, 7) is 5.56. The van der Waals surface area contributed by atoms with Crippen LogP contribution < -0.4 is 9.62 Å². The topological polar surface area (TPSA) is 86.8 Å². The number of anilines is 1. The van der Waals surface area contributed by atoms with Crippen molar-refractivity contribution in [1.82, 2.24) is 10.2 Å². The Morgan fingerprint density at radius 2 is 1.76 bits per heavy atom. The highest BCUT2D eigenvalue weighted by Crippen LogP contribution is 2.31. The Balaban J connectivity index is 2.41. The van der Waals surface area contributed by atoms with Gasteiger partial charge in [-0.25, -0.2) is 8.42 Å². The Bertz CT molecular complexity index is 1140. The zero-order chi connectivity index (χ0) is 25.6. The minimum absolute atomic E-state index is 0.0873. The van der Waals surface area contributed by atoms with Crippen molar-refractivity contribution in [3.05, 3.63) is 62.5 Å². The number of sulfonamides is 1. The molecule has 7 nitrogen and oxygen atoms in total. The van der Waals surface area contributed by atoms with Crippen LogP contribution in [0.4, 0.5) is 5.69 Å².